The van der Waals surface area contributed by atoms with Crippen LogP contribution in [0.15, 0.2) is 73.3 Å². The third kappa shape index (κ3) is 5.98. The van der Waals surface area contributed by atoms with Crippen LogP contribution in [0.25, 0.3) is 66.4 Å². The van der Waals surface area contributed by atoms with Crippen LogP contribution in [0.5, 0.6) is 0 Å². The summed E-state index contributed by atoms with van der Waals surface area (Å²) >= 11 is 0. The fourth-order valence-electron chi connectivity index (χ4n) is 11.1. The van der Waals surface area contributed by atoms with Crippen LogP contribution >= 0.6 is 0 Å². The third-order valence-corrected chi connectivity index (χ3v) is 14.3. The van der Waals surface area contributed by atoms with E-state index in [2.05, 4.69) is 199 Å². The smallest absolute Gasteiger partial charge is 0.252 e. The Morgan fingerprint density at radius 1 is 0.413 bits per heavy atom. The summed E-state index contributed by atoms with van der Waals surface area (Å²) in [5.74, 6) is 0.681. The summed E-state index contributed by atoms with van der Waals surface area (Å²) in [4.78, 5) is 13.9. The summed E-state index contributed by atoms with van der Waals surface area (Å²) in [6.45, 7) is 42.8. The zero-order chi connectivity index (χ0) is 45.5. The monoisotopic (exact) mass is 832 g/mol. The Morgan fingerprint density at radius 3 is 1.14 bits per heavy atom. The van der Waals surface area contributed by atoms with Gasteiger partial charge in [-0.25, -0.2) is 15.0 Å². The molecular weight excluding hydrogens is 765 g/mol. The van der Waals surface area contributed by atoms with Gasteiger partial charge < -0.3 is 9.13 Å². The second-order valence-electron chi connectivity index (χ2n) is 25.2. The fourth-order valence-corrected chi connectivity index (χ4v) is 11.1. The van der Waals surface area contributed by atoms with Crippen molar-refractivity contribution in [3.63, 3.8) is 0 Å². The Kier molecular flexibility index (Phi) is 8.44. The van der Waals surface area contributed by atoms with Crippen LogP contribution in [0.3, 0.4) is 0 Å². The molecule has 0 radical (unpaired) electrons. The highest BCUT2D eigenvalue weighted by atomic mass is 15.0. The molecule has 0 fully saturated rings. The topological polar surface area (TPSA) is 48.5 Å². The number of fused-ring (bicyclic) bond motifs is 10. The molecule has 5 heterocycles. The van der Waals surface area contributed by atoms with Gasteiger partial charge in [-0.15, -0.1) is 0 Å². The summed E-state index contributed by atoms with van der Waals surface area (Å²) in [6.07, 6.45) is 3.27. The van der Waals surface area contributed by atoms with Crippen LogP contribution < -0.4 is 16.4 Å². The minimum absolute atomic E-state index is 0.00409. The normalized spacial score (nSPS) is 14.5. The van der Waals surface area contributed by atoms with Crippen molar-refractivity contribution in [3.05, 3.63) is 107 Å². The first-order valence-electron chi connectivity index (χ1n) is 23.2. The van der Waals surface area contributed by atoms with Gasteiger partial charge in [0, 0.05) is 49.5 Å². The van der Waals surface area contributed by atoms with Crippen molar-refractivity contribution < 1.29 is 0 Å². The SMILES string of the molecule is CC(C)(C)c1cc(C(C)(C)C)c2c3c(C(C)(C)C)ccc4c3n(c2c1)-c1cc(-c2ncncn2)cc2c1B4c1ccc(C(C)(C)C)c3c4c(C(C)(C)C)cc(C(C)(C)C)cc4n-2c13. The lowest BCUT2D eigenvalue weighted by Crippen LogP contribution is -2.59. The first-order chi connectivity index (χ1) is 29.1. The molecular formula is C57H66BN5. The van der Waals surface area contributed by atoms with E-state index < -0.39 is 0 Å². The highest BCUT2D eigenvalue weighted by Crippen LogP contribution is 2.49. The molecule has 2 aliphatic rings. The standard InChI is InChI=1S/C57H66BN5/c1-52(2,3)32-25-36(56(13,14)15)44-40(27-32)62-42-23-31(51-60-29-59-30-61-51)24-43-48(42)58(38-21-19-34(54(7,8)9)46(44)49(38)62)39-22-20-35(55(10,11)12)47-45-37(57(16,17)18)26-33(53(4,5)6)28-41(45)63(43)50(39)47/h19-30H,1-18H3. The van der Waals surface area contributed by atoms with Crippen molar-refractivity contribution in [3.8, 4) is 22.8 Å². The van der Waals surface area contributed by atoms with Crippen molar-refractivity contribution in [1.82, 2.24) is 24.1 Å². The van der Waals surface area contributed by atoms with Crippen molar-refractivity contribution in [1.29, 1.82) is 0 Å². The molecule has 0 amide bonds. The second kappa shape index (κ2) is 12.7. The largest absolute Gasteiger partial charge is 0.310 e. The molecule has 0 atom stereocenters. The molecule has 322 valence electrons. The van der Waals surface area contributed by atoms with E-state index in [0.717, 1.165) is 5.56 Å². The van der Waals surface area contributed by atoms with E-state index in [1.54, 1.807) is 12.7 Å². The summed E-state index contributed by atoms with van der Waals surface area (Å²) in [7, 11) is 0. The second-order valence-corrected chi connectivity index (χ2v) is 25.2. The summed E-state index contributed by atoms with van der Waals surface area (Å²) < 4.78 is 5.33. The van der Waals surface area contributed by atoms with Crippen LogP contribution in [0.2, 0.25) is 0 Å². The summed E-state index contributed by atoms with van der Waals surface area (Å²) in [5, 5.41) is 5.52. The lowest BCUT2D eigenvalue weighted by atomic mass is 9.34. The van der Waals surface area contributed by atoms with Gasteiger partial charge in [-0.3, -0.25) is 0 Å². The lowest BCUT2D eigenvalue weighted by Gasteiger charge is -2.35. The Morgan fingerprint density at radius 2 is 0.794 bits per heavy atom. The van der Waals surface area contributed by atoms with Crippen LogP contribution in [-0.2, 0) is 32.5 Å². The van der Waals surface area contributed by atoms with E-state index in [1.165, 1.54) is 105 Å². The van der Waals surface area contributed by atoms with E-state index in [1.807, 2.05) is 0 Å². The summed E-state index contributed by atoms with van der Waals surface area (Å²) in [6, 6.07) is 24.8. The van der Waals surface area contributed by atoms with Gasteiger partial charge in [0.1, 0.15) is 12.7 Å². The van der Waals surface area contributed by atoms with Crippen LogP contribution in [-0.4, -0.2) is 30.8 Å². The van der Waals surface area contributed by atoms with Gasteiger partial charge in [-0.1, -0.05) is 161 Å². The van der Waals surface area contributed by atoms with Crippen LogP contribution in [0, 0.1) is 0 Å². The van der Waals surface area contributed by atoms with Crippen molar-refractivity contribution in [2.45, 2.75) is 157 Å². The maximum atomic E-state index is 4.83. The Bertz CT molecular complexity index is 3060. The molecule has 0 unspecified atom stereocenters. The maximum Gasteiger partial charge on any atom is 0.252 e. The predicted octanol–water partition coefficient (Wildman–Crippen LogP) is 12.7. The number of hydrogen-bond donors (Lipinski definition) is 0. The van der Waals surface area contributed by atoms with Crippen molar-refractivity contribution in [2.24, 2.45) is 0 Å². The molecule has 0 saturated heterocycles. The Hall–Kier alpha value is -5.23. The predicted molar refractivity (Wildman–Crippen MR) is 271 cm³/mol. The Balaban J connectivity index is 1.52. The molecule has 5 nitrogen and oxygen atoms in total. The minimum atomic E-state index is -0.104. The molecule has 0 saturated carbocycles. The molecule has 63 heavy (non-hydrogen) atoms. The first kappa shape index (κ1) is 41.8. The average Bonchev–Trinajstić information content (AvgIpc) is 3.70. The van der Waals surface area contributed by atoms with Gasteiger partial charge in [-0.2, -0.15) is 0 Å². The van der Waals surface area contributed by atoms with Crippen molar-refractivity contribution in [2.75, 3.05) is 0 Å². The molecule has 0 aliphatic carbocycles. The molecule has 2 aliphatic heterocycles. The summed E-state index contributed by atoms with van der Waals surface area (Å²) in [5.41, 5.74) is 20.5. The van der Waals surface area contributed by atoms with Gasteiger partial charge in [0.2, 0.25) is 0 Å². The quantitative estimate of drug-likeness (QED) is 0.155. The third-order valence-electron chi connectivity index (χ3n) is 14.3. The molecule has 0 N–H and O–H groups in total. The molecule has 6 heteroatoms. The first-order valence-corrected chi connectivity index (χ1v) is 23.2. The van der Waals surface area contributed by atoms with Gasteiger partial charge in [0.15, 0.2) is 5.82 Å². The van der Waals surface area contributed by atoms with E-state index >= 15 is 0 Å². The number of nitrogens with zero attached hydrogens (tertiary/aromatic N) is 5. The zero-order valence-corrected chi connectivity index (χ0v) is 41.2. The molecule has 3 aromatic heterocycles. The van der Waals surface area contributed by atoms with Gasteiger partial charge in [0.25, 0.3) is 6.71 Å². The van der Waals surface area contributed by atoms with Crippen LogP contribution in [0.4, 0.5) is 0 Å². The number of aromatic nitrogens is 5. The molecule has 5 aromatic carbocycles. The fraction of sp³-hybridized carbons (Fsp3) is 0.421. The minimum Gasteiger partial charge on any atom is -0.310 e. The van der Waals surface area contributed by atoms with E-state index in [4.69, 9.17) is 9.97 Å². The number of benzene rings is 5. The van der Waals surface area contributed by atoms with E-state index in [9.17, 15) is 0 Å². The Labute approximate surface area is 375 Å². The van der Waals surface area contributed by atoms with Gasteiger partial charge in [0.05, 0.1) is 11.0 Å². The van der Waals surface area contributed by atoms with Gasteiger partial charge in [-0.05, 0) is 107 Å². The van der Waals surface area contributed by atoms with Crippen LogP contribution in [0.1, 0.15) is 158 Å². The molecule has 0 spiro atoms. The lowest BCUT2D eigenvalue weighted by molar-refractivity contribution is 0.572. The maximum absolute atomic E-state index is 4.83. The average molecular weight is 832 g/mol. The molecule has 0 bridgehead atoms. The number of rotatable bonds is 1. The highest BCUT2D eigenvalue weighted by molar-refractivity contribution is 7.00. The van der Waals surface area contributed by atoms with E-state index in [-0.39, 0.29) is 39.2 Å². The zero-order valence-electron chi connectivity index (χ0n) is 41.2. The highest BCUT2D eigenvalue weighted by Gasteiger charge is 2.44. The van der Waals surface area contributed by atoms with E-state index in [0.29, 0.717) is 5.82 Å². The van der Waals surface area contributed by atoms with Gasteiger partial charge >= 0.3 is 0 Å². The number of hydrogen-bond acceptors (Lipinski definition) is 3. The molecule has 8 aromatic rings. The van der Waals surface area contributed by atoms with Crippen molar-refractivity contribution >= 4 is 66.7 Å². The molecule has 10 rings (SSSR count).